The Balaban J connectivity index is 1.81. The second-order valence-corrected chi connectivity index (χ2v) is 4.80. The van der Waals surface area contributed by atoms with Gasteiger partial charge in [0, 0.05) is 0 Å². The summed E-state index contributed by atoms with van der Waals surface area (Å²) in [5, 5.41) is 0. The van der Waals surface area contributed by atoms with Crippen LogP contribution in [-0.4, -0.2) is 19.2 Å². The molecule has 0 radical (unpaired) electrons. The van der Waals surface area contributed by atoms with Crippen molar-refractivity contribution in [2.45, 2.75) is 19.8 Å². The first-order valence-electron chi connectivity index (χ1n) is 6.74. The first-order chi connectivity index (χ1) is 9.24. The molecule has 1 fully saturated rings. The number of rotatable bonds is 7. The molecular formula is C16H20O3. The van der Waals surface area contributed by atoms with Gasteiger partial charge in [0.25, 0.3) is 0 Å². The smallest absolute Gasteiger partial charge is 0.309 e. The van der Waals surface area contributed by atoms with Crippen LogP contribution in [0.2, 0.25) is 0 Å². The Morgan fingerprint density at radius 2 is 2.16 bits per heavy atom. The molecule has 0 spiro atoms. The molecule has 2 rings (SSSR count). The number of carbonyl (C=O) groups is 1. The third-order valence-electron chi connectivity index (χ3n) is 3.30. The largest absolute Gasteiger partial charge is 0.490 e. The Kier molecular flexibility index (Phi) is 4.61. The van der Waals surface area contributed by atoms with Crippen molar-refractivity contribution in [3.63, 3.8) is 0 Å². The van der Waals surface area contributed by atoms with Crippen LogP contribution in [0, 0.1) is 11.8 Å². The molecule has 3 nitrogen and oxygen atoms in total. The molecule has 0 bridgehead atoms. The van der Waals surface area contributed by atoms with Gasteiger partial charge in [-0.2, -0.15) is 0 Å². The average molecular weight is 260 g/mol. The van der Waals surface area contributed by atoms with Gasteiger partial charge in [-0.15, -0.1) is 0 Å². The van der Waals surface area contributed by atoms with Gasteiger partial charge in [0.2, 0.25) is 0 Å². The molecule has 1 aliphatic carbocycles. The van der Waals surface area contributed by atoms with Gasteiger partial charge >= 0.3 is 5.97 Å². The summed E-state index contributed by atoms with van der Waals surface area (Å²) in [7, 11) is 0. The Hall–Kier alpha value is -1.77. The number of hydrogen-bond donors (Lipinski definition) is 0. The van der Waals surface area contributed by atoms with Crippen LogP contribution in [0.5, 0.6) is 5.75 Å². The van der Waals surface area contributed by atoms with Crippen molar-refractivity contribution in [1.82, 2.24) is 0 Å². The van der Waals surface area contributed by atoms with Gasteiger partial charge in [-0.05, 0) is 43.4 Å². The molecule has 0 aliphatic heterocycles. The fourth-order valence-corrected chi connectivity index (χ4v) is 2.19. The maximum atomic E-state index is 11.5. The van der Waals surface area contributed by atoms with Gasteiger partial charge in [-0.1, -0.05) is 24.8 Å². The number of benzene rings is 1. The first-order valence-corrected chi connectivity index (χ1v) is 6.74. The van der Waals surface area contributed by atoms with Gasteiger partial charge in [0.05, 0.1) is 12.5 Å². The van der Waals surface area contributed by atoms with Crippen molar-refractivity contribution < 1.29 is 14.3 Å². The topological polar surface area (TPSA) is 35.5 Å². The summed E-state index contributed by atoms with van der Waals surface area (Å²) in [6, 6.07) is 8.03. The van der Waals surface area contributed by atoms with Crippen molar-refractivity contribution in [3.8, 4) is 5.75 Å². The lowest BCUT2D eigenvalue weighted by molar-refractivity contribution is -0.145. The predicted molar refractivity (Wildman–Crippen MR) is 74.1 cm³/mol. The summed E-state index contributed by atoms with van der Waals surface area (Å²) in [5.41, 5.74) is 1.24. The molecule has 1 aromatic rings. The minimum Gasteiger partial charge on any atom is -0.490 e. The van der Waals surface area contributed by atoms with E-state index in [1.54, 1.807) is 6.08 Å². The fourth-order valence-electron chi connectivity index (χ4n) is 2.19. The molecule has 102 valence electrons. The SMILES string of the molecule is C=CCOc1ccc(CC2CC2C(=O)OCC)cc1. The van der Waals surface area contributed by atoms with Crippen molar-refractivity contribution in [1.29, 1.82) is 0 Å². The minimum atomic E-state index is -0.0431. The second kappa shape index (κ2) is 6.41. The highest BCUT2D eigenvalue weighted by atomic mass is 16.5. The first kappa shape index (κ1) is 13.7. The van der Waals surface area contributed by atoms with Gasteiger partial charge < -0.3 is 9.47 Å². The number of ether oxygens (including phenoxy) is 2. The third kappa shape index (κ3) is 3.85. The van der Waals surface area contributed by atoms with E-state index in [1.165, 1.54) is 5.56 Å². The lowest BCUT2D eigenvalue weighted by Gasteiger charge is -2.05. The Labute approximate surface area is 114 Å². The summed E-state index contributed by atoms with van der Waals surface area (Å²) in [6.07, 6.45) is 3.61. The van der Waals surface area contributed by atoms with Gasteiger partial charge in [-0.3, -0.25) is 4.79 Å². The molecule has 2 unspecified atom stereocenters. The molecular weight excluding hydrogens is 240 g/mol. The zero-order valence-corrected chi connectivity index (χ0v) is 11.3. The van der Waals surface area contributed by atoms with Gasteiger partial charge in [0.15, 0.2) is 0 Å². The zero-order valence-electron chi connectivity index (χ0n) is 11.3. The van der Waals surface area contributed by atoms with Crippen molar-refractivity contribution in [3.05, 3.63) is 42.5 Å². The quantitative estimate of drug-likeness (QED) is 0.558. The van der Waals surface area contributed by atoms with E-state index >= 15 is 0 Å². The van der Waals surface area contributed by atoms with E-state index in [0.717, 1.165) is 18.6 Å². The molecule has 19 heavy (non-hydrogen) atoms. The van der Waals surface area contributed by atoms with Crippen molar-refractivity contribution >= 4 is 5.97 Å². The normalized spacial score (nSPS) is 20.7. The van der Waals surface area contributed by atoms with Crippen LogP contribution in [0.4, 0.5) is 0 Å². The number of hydrogen-bond acceptors (Lipinski definition) is 3. The summed E-state index contributed by atoms with van der Waals surface area (Å²) in [4.78, 5) is 11.5. The zero-order chi connectivity index (χ0) is 13.7. The summed E-state index contributed by atoms with van der Waals surface area (Å²) in [5.74, 6) is 1.36. The molecule has 1 saturated carbocycles. The summed E-state index contributed by atoms with van der Waals surface area (Å²) >= 11 is 0. The van der Waals surface area contributed by atoms with E-state index in [0.29, 0.717) is 19.1 Å². The van der Waals surface area contributed by atoms with Gasteiger partial charge in [-0.25, -0.2) is 0 Å². The van der Waals surface area contributed by atoms with E-state index in [9.17, 15) is 4.79 Å². The molecule has 0 aromatic heterocycles. The molecule has 0 amide bonds. The third-order valence-corrected chi connectivity index (χ3v) is 3.30. The number of esters is 1. The molecule has 0 N–H and O–H groups in total. The van der Waals surface area contributed by atoms with Crippen LogP contribution >= 0.6 is 0 Å². The van der Waals surface area contributed by atoms with Crippen LogP contribution in [0.25, 0.3) is 0 Å². The van der Waals surface area contributed by atoms with Crippen molar-refractivity contribution in [2.75, 3.05) is 13.2 Å². The van der Waals surface area contributed by atoms with E-state index in [4.69, 9.17) is 9.47 Å². The van der Waals surface area contributed by atoms with E-state index in [1.807, 2.05) is 19.1 Å². The Morgan fingerprint density at radius 1 is 1.42 bits per heavy atom. The average Bonchev–Trinajstić information content (AvgIpc) is 3.18. The molecule has 2 atom stereocenters. The number of carbonyl (C=O) groups excluding carboxylic acids is 1. The van der Waals surface area contributed by atoms with Crippen LogP contribution in [0.15, 0.2) is 36.9 Å². The lowest BCUT2D eigenvalue weighted by atomic mass is 10.1. The molecule has 0 saturated heterocycles. The molecule has 1 aromatic carbocycles. The van der Waals surface area contributed by atoms with Crippen LogP contribution < -0.4 is 4.74 Å². The van der Waals surface area contributed by atoms with E-state index in [-0.39, 0.29) is 11.9 Å². The summed E-state index contributed by atoms with van der Waals surface area (Å²) < 4.78 is 10.5. The lowest BCUT2D eigenvalue weighted by Crippen LogP contribution is -2.08. The molecule has 1 aliphatic rings. The van der Waals surface area contributed by atoms with Crippen LogP contribution in [-0.2, 0) is 16.0 Å². The maximum absolute atomic E-state index is 11.5. The monoisotopic (exact) mass is 260 g/mol. The second-order valence-electron chi connectivity index (χ2n) is 4.80. The standard InChI is InChI=1S/C16H20O3/c1-3-9-19-14-7-5-12(6-8-14)10-13-11-15(13)16(17)18-4-2/h3,5-8,13,15H,1,4,9-11H2,2H3. The van der Waals surface area contributed by atoms with Crippen molar-refractivity contribution in [2.24, 2.45) is 11.8 Å². The highest BCUT2D eigenvalue weighted by Crippen LogP contribution is 2.42. The summed E-state index contributed by atoms with van der Waals surface area (Å²) in [6.45, 7) is 6.45. The van der Waals surface area contributed by atoms with E-state index < -0.39 is 0 Å². The van der Waals surface area contributed by atoms with E-state index in [2.05, 4.69) is 18.7 Å². The molecule has 0 heterocycles. The Bertz CT molecular complexity index is 436. The maximum Gasteiger partial charge on any atom is 0.309 e. The highest BCUT2D eigenvalue weighted by molar-refractivity contribution is 5.75. The highest BCUT2D eigenvalue weighted by Gasteiger charge is 2.43. The predicted octanol–water partition coefficient (Wildman–Crippen LogP) is 2.99. The fraction of sp³-hybridized carbons (Fsp3) is 0.438. The van der Waals surface area contributed by atoms with Crippen LogP contribution in [0.3, 0.4) is 0 Å². The Morgan fingerprint density at radius 3 is 2.79 bits per heavy atom. The minimum absolute atomic E-state index is 0.0431. The van der Waals surface area contributed by atoms with Crippen LogP contribution in [0.1, 0.15) is 18.9 Å². The molecule has 3 heteroatoms. The van der Waals surface area contributed by atoms with Gasteiger partial charge in [0.1, 0.15) is 12.4 Å².